The van der Waals surface area contributed by atoms with Gasteiger partial charge in [0.1, 0.15) is 0 Å². The lowest BCUT2D eigenvalue weighted by atomic mass is 10.2. The number of hydrazone groups is 1. The largest absolute Gasteiger partial charge is 0.399 e. The van der Waals surface area contributed by atoms with Crippen LogP contribution in [0.1, 0.15) is 15.9 Å². The van der Waals surface area contributed by atoms with Crippen molar-refractivity contribution in [3.05, 3.63) is 64.7 Å². The number of nitrogen functional groups attached to an aromatic ring is 1. The SMILES string of the molecule is Nc1ccc(C(=O)N/N=C\c2cccc(Cl)c2)cc1. The molecule has 2 aromatic carbocycles. The molecular weight excluding hydrogens is 262 g/mol. The predicted octanol–water partition coefficient (Wildman–Crippen LogP) is 2.69. The summed E-state index contributed by atoms with van der Waals surface area (Å²) in [7, 11) is 0. The van der Waals surface area contributed by atoms with E-state index >= 15 is 0 Å². The van der Waals surface area contributed by atoms with Crippen LogP contribution in [-0.4, -0.2) is 12.1 Å². The summed E-state index contributed by atoms with van der Waals surface area (Å²) < 4.78 is 0. The van der Waals surface area contributed by atoms with Crippen molar-refractivity contribution in [3.8, 4) is 0 Å². The quantitative estimate of drug-likeness (QED) is 0.513. The van der Waals surface area contributed by atoms with Crippen molar-refractivity contribution in [2.75, 3.05) is 5.73 Å². The fraction of sp³-hybridized carbons (Fsp3) is 0. The fourth-order valence-corrected chi connectivity index (χ4v) is 1.65. The molecule has 0 aliphatic heterocycles. The van der Waals surface area contributed by atoms with E-state index < -0.39 is 0 Å². The molecule has 2 rings (SSSR count). The lowest BCUT2D eigenvalue weighted by Crippen LogP contribution is -2.17. The Morgan fingerprint density at radius 1 is 1.21 bits per heavy atom. The molecule has 0 atom stereocenters. The Labute approximate surface area is 115 Å². The van der Waals surface area contributed by atoms with E-state index in [1.807, 2.05) is 12.1 Å². The van der Waals surface area contributed by atoms with Crippen molar-refractivity contribution >= 4 is 29.4 Å². The number of rotatable bonds is 3. The van der Waals surface area contributed by atoms with Gasteiger partial charge in [-0.25, -0.2) is 5.43 Å². The Hall–Kier alpha value is -2.33. The maximum Gasteiger partial charge on any atom is 0.271 e. The number of carbonyl (C=O) groups excluding carboxylic acids is 1. The molecule has 0 bridgehead atoms. The molecule has 0 heterocycles. The van der Waals surface area contributed by atoms with Gasteiger partial charge >= 0.3 is 0 Å². The Bertz CT molecular complexity index is 608. The first kappa shape index (κ1) is 13.1. The average Bonchev–Trinajstić information content (AvgIpc) is 2.39. The van der Waals surface area contributed by atoms with Gasteiger partial charge in [-0.05, 0) is 42.0 Å². The molecule has 0 spiro atoms. The van der Waals surface area contributed by atoms with Gasteiger partial charge in [0.25, 0.3) is 5.91 Å². The Morgan fingerprint density at radius 3 is 2.63 bits per heavy atom. The molecule has 2 aromatic rings. The minimum Gasteiger partial charge on any atom is -0.399 e. The van der Waals surface area contributed by atoms with E-state index in [0.717, 1.165) is 5.56 Å². The maximum atomic E-state index is 11.7. The minimum absolute atomic E-state index is 0.293. The molecule has 3 N–H and O–H groups in total. The van der Waals surface area contributed by atoms with E-state index in [1.54, 1.807) is 36.4 Å². The highest BCUT2D eigenvalue weighted by atomic mass is 35.5. The standard InChI is InChI=1S/C14H12ClN3O/c15-12-3-1-2-10(8-12)9-17-18-14(19)11-4-6-13(16)7-5-11/h1-9H,16H2,(H,18,19)/b17-9-. The predicted molar refractivity (Wildman–Crippen MR) is 77.4 cm³/mol. The molecule has 0 radical (unpaired) electrons. The van der Waals surface area contributed by atoms with Crippen LogP contribution in [0.15, 0.2) is 53.6 Å². The summed E-state index contributed by atoms with van der Waals surface area (Å²) in [6.07, 6.45) is 1.53. The zero-order valence-corrected chi connectivity index (χ0v) is 10.8. The van der Waals surface area contributed by atoms with Crippen LogP contribution < -0.4 is 11.2 Å². The molecule has 0 unspecified atom stereocenters. The number of benzene rings is 2. The van der Waals surface area contributed by atoms with Gasteiger partial charge in [0.2, 0.25) is 0 Å². The first-order chi connectivity index (χ1) is 9.15. The van der Waals surface area contributed by atoms with Crippen molar-refractivity contribution < 1.29 is 4.79 Å². The van der Waals surface area contributed by atoms with Crippen LogP contribution >= 0.6 is 11.6 Å². The van der Waals surface area contributed by atoms with E-state index in [1.165, 1.54) is 6.21 Å². The summed E-state index contributed by atoms with van der Waals surface area (Å²) in [6, 6.07) is 13.8. The van der Waals surface area contributed by atoms with Gasteiger partial charge in [-0.15, -0.1) is 0 Å². The molecule has 0 aliphatic rings. The molecule has 0 aliphatic carbocycles. The van der Waals surface area contributed by atoms with Crippen molar-refractivity contribution in [1.82, 2.24) is 5.43 Å². The van der Waals surface area contributed by atoms with Gasteiger partial charge < -0.3 is 5.73 Å². The van der Waals surface area contributed by atoms with E-state index in [4.69, 9.17) is 17.3 Å². The van der Waals surface area contributed by atoms with Crippen LogP contribution in [-0.2, 0) is 0 Å². The number of nitrogens with one attached hydrogen (secondary N) is 1. The van der Waals surface area contributed by atoms with Gasteiger partial charge in [0, 0.05) is 16.3 Å². The van der Waals surface area contributed by atoms with Crippen LogP contribution in [0.3, 0.4) is 0 Å². The lowest BCUT2D eigenvalue weighted by molar-refractivity contribution is 0.0955. The van der Waals surface area contributed by atoms with Crippen molar-refractivity contribution in [2.24, 2.45) is 5.10 Å². The summed E-state index contributed by atoms with van der Waals surface area (Å²) in [5, 5.41) is 4.49. The number of carbonyl (C=O) groups is 1. The molecule has 96 valence electrons. The van der Waals surface area contributed by atoms with Crippen LogP contribution in [0.4, 0.5) is 5.69 Å². The second-order valence-electron chi connectivity index (χ2n) is 3.88. The van der Waals surface area contributed by atoms with Gasteiger partial charge in [0.05, 0.1) is 6.21 Å². The maximum absolute atomic E-state index is 11.7. The number of hydrogen-bond donors (Lipinski definition) is 2. The zero-order chi connectivity index (χ0) is 13.7. The third-order valence-corrected chi connectivity index (χ3v) is 2.64. The fourth-order valence-electron chi connectivity index (χ4n) is 1.45. The van der Waals surface area contributed by atoms with Crippen molar-refractivity contribution in [3.63, 3.8) is 0 Å². The van der Waals surface area contributed by atoms with Crippen LogP contribution in [0, 0.1) is 0 Å². The second-order valence-corrected chi connectivity index (χ2v) is 4.31. The van der Waals surface area contributed by atoms with Crippen LogP contribution in [0.25, 0.3) is 0 Å². The Balaban J connectivity index is 1.98. The van der Waals surface area contributed by atoms with E-state index in [-0.39, 0.29) is 5.91 Å². The average molecular weight is 274 g/mol. The van der Waals surface area contributed by atoms with E-state index in [0.29, 0.717) is 16.3 Å². The molecule has 0 saturated carbocycles. The molecule has 1 amide bonds. The monoisotopic (exact) mass is 273 g/mol. The molecule has 19 heavy (non-hydrogen) atoms. The van der Waals surface area contributed by atoms with Gasteiger partial charge in [0.15, 0.2) is 0 Å². The Morgan fingerprint density at radius 2 is 1.95 bits per heavy atom. The number of nitrogens with two attached hydrogens (primary N) is 1. The smallest absolute Gasteiger partial charge is 0.271 e. The number of amides is 1. The van der Waals surface area contributed by atoms with Gasteiger partial charge in [-0.2, -0.15) is 5.10 Å². The summed E-state index contributed by atoms with van der Waals surface area (Å²) in [5.41, 5.74) is 9.89. The zero-order valence-electron chi connectivity index (χ0n) is 10.0. The summed E-state index contributed by atoms with van der Waals surface area (Å²) >= 11 is 5.84. The molecular formula is C14H12ClN3O. The highest BCUT2D eigenvalue weighted by molar-refractivity contribution is 6.30. The normalized spacial score (nSPS) is 10.6. The van der Waals surface area contributed by atoms with Crippen molar-refractivity contribution in [1.29, 1.82) is 0 Å². The number of hydrogen-bond acceptors (Lipinski definition) is 3. The summed E-state index contributed by atoms with van der Waals surface area (Å²) in [5.74, 6) is -0.293. The lowest BCUT2D eigenvalue weighted by Gasteiger charge is -2.00. The highest BCUT2D eigenvalue weighted by Crippen LogP contribution is 2.09. The van der Waals surface area contributed by atoms with Crippen LogP contribution in [0.5, 0.6) is 0 Å². The molecule has 5 heteroatoms. The highest BCUT2D eigenvalue weighted by Gasteiger charge is 2.02. The number of nitrogens with zero attached hydrogens (tertiary/aromatic N) is 1. The van der Waals surface area contributed by atoms with Crippen LogP contribution in [0.2, 0.25) is 5.02 Å². The summed E-state index contributed by atoms with van der Waals surface area (Å²) in [6.45, 7) is 0. The molecule has 0 saturated heterocycles. The van der Waals surface area contributed by atoms with Crippen molar-refractivity contribution in [2.45, 2.75) is 0 Å². The van der Waals surface area contributed by atoms with Gasteiger partial charge in [-0.3, -0.25) is 4.79 Å². The summed E-state index contributed by atoms with van der Waals surface area (Å²) in [4.78, 5) is 11.7. The first-order valence-electron chi connectivity index (χ1n) is 5.59. The van der Waals surface area contributed by atoms with Gasteiger partial charge in [-0.1, -0.05) is 23.7 Å². The third kappa shape index (κ3) is 3.82. The number of halogens is 1. The molecule has 4 nitrogen and oxygen atoms in total. The van der Waals surface area contributed by atoms with E-state index in [2.05, 4.69) is 10.5 Å². The topological polar surface area (TPSA) is 67.5 Å². The molecule has 0 fully saturated rings. The minimum atomic E-state index is -0.293. The molecule has 0 aromatic heterocycles. The first-order valence-corrected chi connectivity index (χ1v) is 5.97. The third-order valence-electron chi connectivity index (χ3n) is 2.40. The van der Waals surface area contributed by atoms with E-state index in [9.17, 15) is 4.79 Å². The second kappa shape index (κ2) is 6.02. The Kier molecular flexibility index (Phi) is 4.15. The number of anilines is 1.